The smallest absolute Gasteiger partial charge is 0.335 e. The Morgan fingerprint density at radius 3 is 2.65 bits per heavy atom. The van der Waals surface area contributed by atoms with Crippen molar-refractivity contribution in [1.82, 2.24) is 18.6 Å². The number of carboxylic acid groups (broad SMARTS) is 1. The lowest BCUT2D eigenvalue weighted by molar-refractivity contribution is 0.0697. The van der Waals surface area contributed by atoms with Gasteiger partial charge >= 0.3 is 5.97 Å². The van der Waals surface area contributed by atoms with E-state index in [9.17, 15) is 13.2 Å². The van der Waals surface area contributed by atoms with E-state index in [1.165, 1.54) is 34.8 Å². The van der Waals surface area contributed by atoms with Crippen LogP contribution in [-0.2, 0) is 10.2 Å². The van der Waals surface area contributed by atoms with Crippen molar-refractivity contribution >= 4 is 16.2 Å². The van der Waals surface area contributed by atoms with E-state index in [4.69, 9.17) is 5.11 Å². The standard InChI is InChI=1S/C17H20N4O4S/c1-20(2)26(24,25)21-8-4-7-16(21)15-11-18-14(10-19-15)12-5-3-6-13(9-12)17(22)23/h3,5-6,9-11,16H,4,7-8H2,1-2H3,(H,22,23). The number of carboxylic acids is 1. The second-order valence-corrected chi connectivity index (χ2v) is 8.37. The number of aromatic nitrogens is 2. The molecule has 1 aromatic carbocycles. The lowest BCUT2D eigenvalue weighted by atomic mass is 10.1. The molecule has 0 aliphatic carbocycles. The van der Waals surface area contributed by atoms with E-state index in [1.807, 2.05) is 0 Å². The predicted octanol–water partition coefficient (Wildman–Crippen LogP) is 1.79. The molecule has 2 aromatic rings. The van der Waals surface area contributed by atoms with Crippen LogP contribution in [0.4, 0.5) is 0 Å². The Bertz CT molecular complexity index is 913. The van der Waals surface area contributed by atoms with Crippen LogP contribution in [0, 0.1) is 0 Å². The zero-order chi connectivity index (χ0) is 18.9. The monoisotopic (exact) mass is 376 g/mol. The molecule has 2 heterocycles. The van der Waals surface area contributed by atoms with E-state index in [0.29, 0.717) is 29.9 Å². The fraction of sp³-hybridized carbons (Fsp3) is 0.353. The molecular weight excluding hydrogens is 356 g/mol. The van der Waals surface area contributed by atoms with Gasteiger partial charge in [-0.05, 0) is 25.0 Å². The third kappa shape index (κ3) is 3.46. The highest BCUT2D eigenvalue weighted by Gasteiger charge is 2.37. The molecule has 1 aliphatic heterocycles. The van der Waals surface area contributed by atoms with Crippen LogP contribution in [0.5, 0.6) is 0 Å². The van der Waals surface area contributed by atoms with Gasteiger partial charge in [0.15, 0.2) is 0 Å². The van der Waals surface area contributed by atoms with Crippen LogP contribution >= 0.6 is 0 Å². The van der Waals surface area contributed by atoms with Gasteiger partial charge in [0.05, 0.1) is 35.4 Å². The quantitative estimate of drug-likeness (QED) is 0.853. The summed E-state index contributed by atoms with van der Waals surface area (Å²) in [5, 5.41) is 9.09. The van der Waals surface area contributed by atoms with Gasteiger partial charge < -0.3 is 5.11 Å². The summed E-state index contributed by atoms with van der Waals surface area (Å²) in [5.41, 5.74) is 1.95. The van der Waals surface area contributed by atoms with Crippen LogP contribution in [0.25, 0.3) is 11.3 Å². The first-order valence-electron chi connectivity index (χ1n) is 8.15. The van der Waals surface area contributed by atoms with Crippen LogP contribution in [0.15, 0.2) is 36.7 Å². The molecule has 26 heavy (non-hydrogen) atoms. The van der Waals surface area contributed by atoms with E-state index in [-0.39, 0.29) is 11.6 Å². The molecule has 3 rings (SSSR count). The number of hydrogen-bond acceptors (Lipinski definition) is 5. The maximum absolute atomic E-state index is 12.5. The van der Waals surface area contributed by atoms with Gasteiger partial charge in [0.1, 0.15) is 0 Å². The number of aromatic carboxylic acids is 1. The second kappa shape index (κ2) is 7.10. The number of hydrogen-bond donors (Lipinski definition) is 1. The summed E-state index contributed by atoms with van der Waals surface area (Å²) in [4.78, 5) is 19.9. The minimum Gasteiger partial charge on any atom is -0.478 e. The van der Waals surface area contributed by atoms with Gasteiger partial charge in [-0.1, -0.05) is 12.1 Å². The maximum atomic E-state index is 12.5. The third-order valence-corrected chi connectivity index (χ3v) is 6.33. The molecule has 0 amide bonds. The average molecular weight is 376 g/mol. The van der Waals surface area contributed by atoms with Crippen molar-refractivity contribution in [1.29, 1.82) is 0 Å². The van der Waals surface area contributed by atoms with Crippen LogP contribution in [0.3, 0.4) is 0 Å². The SMILES string of the molecule is CN(C)S(=O)(=O)N1CCCC1c1cnc(-c2cccc(C(=O)O)c2)cn1. The molecule has 0 radical (unpaired) electrons. The van der Waals surface area contributed by atoms with E-state index < -0.39 is 16.2 Å². The topological polar surface area (TPSA) is 104 Å². The van der Waals surface area contributed by atoms with Crippen LogP contribution in [-0.4, -0.2) is 58.7 Å². The molecule has 138 valence electrons. The minimum absolute atomic E-state index is 0.174. The summed E-state index contributed by atoms with van der Waals surface area (Å²) in [7, 11) is -0.500. The molecule has 0 spiro atoms. The van der Waals surface area contributed by atoms with E-state index in [0.717, 1.165) is 6.42 Å². The highest BCUT2D eigenvalue weighted by molar-refractivity contribution is 7.86. The Labute approximate surface area is 152 Å². The van der Waals surface area contributed by atoms with Gasteiger partial charge in [0, 0.05) is 26.2 Å². The Morgan fingerprint density at radius 2 is 2.04 bits per heavy atom. The molecule has 9 heteroatoms. The molecular formula is C17H20N4O4S. The molecule has 1 fully saturated rings. The lowest BCUT2D eigenvalue weighted by Crippen LogP contribution is -2.39. The van der Waals surface area contributed by atoms with Gasteiger partial charge in [-0.2, -0.15) is 17.0 Å². The Balaban J connectivity index is 1.88. The van der Waals surface area contributed by atoms with Crippen LogP contribution in [0.2, 0.25) is 0 Å². The lowest BCUT2D eigenvalue weighted by Gasteiger charge is -2.26. The third-order valence-electron chi connectivity index (χ3n) is 4.38. The number of benzene rings is 1. The van der Waals surface area contributed by atoms with Crippen molar-refractivity contribution in [3.05, 3.63) is 47.9 Å². The maximum Gasteiger partial charge on any atom is 0.335 e. The van der Waals surface area contributed by atoms with Crippen LogP contribution < -0.4 is 0 Å². The number of rotatable bonds is 5. The van der Waals surface area contributed by atoms with E-state index in [1.54, 1.807) is 24.5 Å². The largest absolute Gasteiger partial charge is 0.478 e. The summed E-state index contributed by atoms with van der Waals surface area (Å²) in [6, 6.07) is 6.11. The normalized spacial score (nSPS) is 18.3. The molecule has 1 aliphatic rings. The van der Waals surface area contributed by atoms with E-state index in [2.05, 4.69) is 9.97 Å². The number of nitrogens with zero attached hydrogens (tertiary/aromatic N) is 4. The summed E-state index contributed by atoms with van der Waals surface area (Å²) < 4.78 is 27.6. The van der Waals surface area contributed by atoms with E-state index >= 15 is 0 Å². The molecule has 0 saturated carbocycles. The first-order valence-corrected chi connectivity index (χ1v) is 9.55. The van der Waals surface area contributed by atoms with Crippen molar-refractivity contribution in [2.75, 3.05) is 20.6 Å². The zero-order valence-electron chi connectivity index (χ0n) is 14.5. The fourth-order valence-corrected chi connectivity index (χ4v) is 4.31. The van der Waals surface area contributed by atoms with Gasteiger partial charge in [0.25, 0.3) is 10.2 Å². The van der Waals surface area contributed by atoms with Crippen molar-refractivity contribution in [3.63, 3.8) is 0 Å². The Morgan fingerprint density at radius 1 is 1.27 bits per heavy atom. The molecule has 1 atom stereocenters. The van der Waals surface area contributed by atoms with Crippen LogP contribution in [0.1, 0.15) is 34.9 Å². The van der Waals surface area contributed by atoms with Crippen molar-refractivity contribution in [3.8, 4) is 11.3 Å². The molecule has 1 unspecified atom stereocenters. The highest BCUT2D eigenvalue weighted by atomic mass is 32.2. The molecule has 1 aromatic heterocycles. The summed E-state index contributed by atoms with van der Waals surface area (Å²) in [6.07, 6.45) is 4.57. The van der Waals surface area contributed by atoms with Gasteiger partial charge in [-0.15, -0.1) is 0 Å². The average Bonchev–Trinajstić information content (AvgIpc) is 3.12. The summed E-state index contributed by atoms with van der Waals surface area (Å²) in [6.45, 7) is 0.454. The Kier molecular flexibility index (Phi) is 5.03. The predicted molar refractivity (Wildman–Crippen MR) is 95.7 cm³/mol. The zero-order valence-corrected chi connectivity index (χ0v) is 15.3. The van der Waals surface area contributed by atoms with Crippen molar-refractivity contribution in [2.45, 2.75) is 18.9 Å². The summed E-state index contributed by atoms with van der Waals surface area (Å²) >= 11 is 0. The Hall–Kier alpha value is -2.36. The minimum atomic E-state index is -3.52. The second-order valence-electron chi connectivity index (χ2n) is 6.27. The summed E-state index contributed by atoms with van der Waals surface area (Å²) in [5.74, 6) is -1.01. The van der Waals surface area contributed by atoms with Crippen molar-refractivity contribution < 1.29 is 18.3 Å². The van der Waals surface area contributed by atoms with Gasteiger partial charge in [0.2, 0.25) is 0 Å². The highest BCUT2D eigenvalue weighted by Crippen LogP contribution is 2.33. The molecule has 1 saturated heterocycles. The molecule has 1 N–H and O–H groups in total. The first kappa shape index (κ1) is 18.4. The van der Waals surface area contributed by atoms with Gasteiger partial charge in [-0.3, -0.25) is 9.97 Å². The van der Waals surface area contributed by atoms with Gasteiger partial charge in [-0.25, -0.2) is 4.79 Å². The molecule has 8 nitrogen and oxygen atoms in total. The molecule has 0 bridgehead atoms. The fourth-order valence-electron chi connectivity index (χ4n) is 2.99. The van der Waals surface area contributed by atoms with Crippen molar-refractivity contribution in [2.24, 2.45) is 0 Å². The first-order chi connectivity index (χ1) is 12.3. The number of carbonyl (C=O) groups is 1.